The van der Waals surface area contributed by atoms with E-state index in [0.29, 0.717) is 6.61 Å². The summed E-state index contributed by atoms with van der Waals surface area (Å²) in [5, 5.41) is 0.982. The number of carbonyl (C=O) groups is 1. The minimum atomic E-state index is -0.459. The monoisotopic (exact) mass is 257 g/mol. The van der Waals surface area contributed by atoms with Gasteiger partial charge in [-0.3, -0.25) is 9.36 Å². The molecule has 1 heterocycles. The number of carbonyl (C=O) groups excluding carboxylic acids is 1. The van der Waals surface area contributed by atoms with E-state index < -0.39 is 5.97 Å². The second-order valence-corrected chi connectivity index (χ2v) is 4.12. The average Bonchev–Trinajstić information content (AvgIpc) is 2.39. The van der Waals surface area contributed by atoms with Crippen LogP contribution in [0.1, 0.15) is 12.5 Å². The van der Waals surface area contributed by atoms with Gasteiger partial charge in [-0.15, -0.1) is 0 Å². The molecule has 19 heavy (non-hydrogen) atoms. The van der Waals surface area contributed by atoms with E-state index in [0.717, 1.165) is 16.5 Å². The van der Waals surface area contributed by atoms with Crippen molar-refractivity contribution < 1.29 is 9.53 Å². The summed E-state index contributed by atoms with van der Waals surface area (Å²) >= 11 is 0. The zero-order valence-corrected chi connectivity index (χ0v) is 10.9. The van der Waals surface area contributed by atoms with Crippen molar-refractivity contribution in [3.8, 4) is 0 Å². The number of hydrogen-bond donors (Lipinski definition) is 0. The van der Waals surface area contributed by atoms with Crippen molar-refractivity contribution in [2.24, 2.45) is 0 Å². The molecule has 0 saturated carbocycles. The summed E-state index contributed by atoms with van der Waals surface area (Å²) in [5.41, 5.74) is 1.52. The normalized spacial score (nSPS) is 11.1. The van der Waals surface area contributed by atoms with Crippen molar-refractivity contribution >= 4 is 23.1 Å². The van der Waals surface area contributed by atoms with Gasteiger partial charge >= 0.3 is 5.97 Å². The topological polar surface area (TPSA) is 48.3 Å². The van der Waals surface area contributed by atoms with Crippen molar-refractivity contribution in [1.29, 1.82) is 0 Å². The van der Waals surface area contributed by atoms with Gasteiger partial charge in [0, 0.05) is 23.7 Å². The number of para-hydroxylation sites is 1. The lowest BCUT2D eigenvalue weighted by molar-refractivity contribution is -0.137. The Hall–Kier alpha value is -2.36. The van der Waals surface area contributed by atoms with Gasteiger partial charge in [-0.25, -0.2) is 4.79 Å². The molecule has 0 aliphatic heterocycles. The van der Waals surface area contributed by atoms with Gasteiger partial charge in [0.25, 0.3) is 5.56 Å². The van der Waals surface area contributed by atoms with Crippen LogP contribution in [-0.4, -0.2) is 17.1 Å². The summed E-state index contributed by atoms with van der Waals surface area (Å²) in [6, 6.07) is 9.12. The van der Waals surface area contributed by atoms with E-state index >= 15 is 0 Å². The first kappa shape index (κ1) is 13.1. The van der Waals surface area contributed by atoms with Crippen LogP contribution in [0.5, 0.6) is 0 Å². The molecule has 1 aromatic carbocycles. The molecule has 0 atom stereocenters. The summed E-state index contributed by atoms with van der Waals surface area (Å²) < 4.78 is 6.24. The van der Waals surface area contributed by atoms with E-state index in [2.05, 4.69) is 0 Å². The van der Waals surface area contributed by atoms with Crippen molar-refractivity contribution in [2.75, 3.05) is 6.61 Å². The second kappa shape index (κ2) is 5.52. The van der Waals surface area contributed by atoms with Crippen LogP contribution in [0.3, 0.4) is 0 Å². The molecule has 0 aliphatic rings. The number of aryl methyl sites for hydroxylation is 1. The number of nitrogens with zero attached hydrogens (tertiary/aromatic N) is 1. The van der Waals surface area contributed by atoms with Gasteiger partial charge in [0.05, 0.1) is 12.1 Å². The lowest BCUT2D eigenvalue weighted by Crippen LogP contribution is -2.16. The van der Waals surface area contributed by atoms with Gasteiger partial charge in [0.1, 0.15) is 0 Å². The van der Waals surface area contributed by atoms with Crippen LogP contribution in [-0.2, 0) is 9.53 Å². The third kappa shape index (κ3) is 2.73. The molecule has 2 rings (SSSR count). The Labute approximate surface area is 110 Å². The first-order valence-corrected chi connectivity index (χ1v) is 6.09. The van der Waals surface area contributed by atoms with Crippen LogP contribution in [0.4, 0.5) is 0 Å². The van der Waals surface area contributed by atoms with Crippen LogP contribution in [0.25, 0.3) is 17.1 Å². The number of benzene rings is 1. The molecule has 0 bridgehead atoms. The minimum absolute atomic E-state index is 0.170. The quantitative estimate of drug-likeness (QED) is 0.626. The summed E-state index contributed by atoms with van der Waals surface area (Å²) in [4.78, 5) is 23.3. The maximum atomic E-state index is 12.0. The van der Waals surface area contributed by atoms with E-state index in [1.807, 2.05) is 31.2 Å². The number of rotatable bonds is 3. The number of hydrogen-bond acceptors (Lipinski definition) is 3. The average molecular weight is 257 g/mol. The minimum Gasteiger partial charge on any atom is -0.463 e. The molecule has 4 nitrogen and oxygen atoms in total. The largest absolute Gasteiger partial charge is 0.463 e. The maximum Gasteiger partial charge on any atom is 0.332 e. The molecule has 0 amide bonds. The van der Waals surface area contributed by atoms with E-state index in [1.54, 1.807) is 13.0 Å². The number of fused-ring (bicyclic) bond motifs is 1. The third-order valence-electron chi connectivity index (χ3n) is 2.81. The molecule has 0 spiro atoms. The Bertz CT molecular complexity index is 698. The Morgan fingerprint density at radius 1 is 1.37 bits per heavy atom. The number of pyridine rings is 1. The zero-order chi connectivity index (χ0) is 13.8. The van der Waals surface area contributed by atoms with Crippen LogP contribution in [0.2, 0.25) is 0 Å². The highest BCUT2D eigenvalue weighted by Crippen LogP contribution is 2.15. The molecule has 0 radical (unpaired) electrons. The van der Waals surface area contributed by atoms with Crippen LogP contribution >= 0.6 is 0 Å². The molecular weight excluding hydrogens is 242 g/mol. The molecule has 4 heteroatoms. The highest BCUT2D eigenvalue weighted by Gasteiger charge is 2.04. The Balaban J connectivity index is 2.54. The van der Waals surface area contributed by atoms with Gasteiger partial charge in [0.2, 0.25) is 0 Å². The molecular formula is C15H15NO3. The fraction of sp³-hybridized carbons (Fsp3) is 0.200. The Kier molecular flexibility index (Phi) is 3.80. The van der Waals surface area contributed by atoms with Crippen LogP contribution < -0.4 is 5.56 Å². The first-order valence-electron chi connectivity index (χ1n) is 6.09. The molecule has 1 aromatic heterocycles. The number of aromatic nitrogens is 1. The molecule has 0 N–H and O–H groups in total. The molecule has 0 saturated heterocycles. The summed E-state index contributed by atoms with van der Waals surface area (Å²) in [7, 11) is 0. The first-order chi connectivity index (χ1) is 9.13. The number of esters is 1. The Morgan fingerprint density at radius 3 is 2.84 bits per heavy atom. The summed E-state index contributed by atoms with van der Waals surface area (Å²) in [6.07, 6.45) is 2.70. The standard InChI is InChI=1S/C15H15NO3/c1-3-19-15(18)8-9-16-13-7-5-4-6-12(13)11(2)10-14(16)17/h4-10H,3H2,1-2H3/b9-8-. The summed E-state index contributed by atoms with van der Waals surface area (Å²) in [6.45, 7) is 3.94. The fourth-order valence-electron chi connectivity index (χ4n) is 1.95. The SMILES string of the molecule is CCOC(=O)/C=C\n1c(=O)cc(C)c2ccccc21. The van der Waals surface area contributed by atoms with Crippen molar-refractivity contribution in [3.05, 3.63) is 52.3 Å². The lowest BCUT2D eigenvalue weighted by atomic mass is 10.1. The molecule has 98 valence electrons. The van der Waals surface area contributed by atoms with Gasteiger partial charge < -0.3 is 4.74 Å². The van der Waals surface area contributed by atoms with Gasteiger partial charge in [-0.05, 0) is 25.5 Å². The van der Waals surface area contributed by atoms with E-state index in [4.69, 9.17) is 4.74 Å². The highest BCUT2D eigenvalue weighted by atomic mass is 16.5. The maximum absolute atomic E-state index is 12.0. The van der Waals surface area contributed by atoms with Gasteiger partial charge in [-0.1, -0.05) is 18.2 Å². The van der Waals surface area contributed by atoms with Crippen LogP contribution in [0.15, 0.2) is 41.2 Å². The van der Waals surface area contributed by atoms with Crippen LogP contribution in [0, 0.1) is 6.92 Å². The fourth-order valence-corrected chi connectivity index (χ4v) is 1.95. The summed E-state index contributed by atoms with van der Waals surface area (Å²) in [5.74, 6) is -0.459. The van der Waals surface area contributed by atoms with E-state index in [1.165, 1.54) is 16.8 Å². The second-order valence-electron chi connectivity index (χ2n) is 4.12. The van der Waals surface area contributed by atoms with Gasteiger partial charge in [-0.2, -0.15) is 0 Å². The van der Waals surface area contributed by atoms with E-state index in [9.17, 15) is 9.59 Å². The third-order valence-corrected chi connectivity index (χ3v) is 2.81. The molecule has 0 unspecified atom stereocenters. The smallest absolute Gasteiger partial charge is 0.332 e. The zero-order valence-electron chi connectivity index (χ0n) is 10.9. The van der Waals surface area contributed by atoms with E-state index in [-0.39, 0.29) is 5.56 Å². The predicted octanol–water partition coefficient (Wildman–Crippen LogP) is 2.34. The van der Waals surface area contributed by atoms with Crippen molar-refractivity contribution in [2.45, 2.75) is 13.8 Å². The number of ether oxygens (including phenoxy) is 1. The molecule has 2 aromatic rings. The predicted molar refractivity (Wildman–Crippen MR) is 74.9 cm³/mol. The van der Waals surface area contributed by atoms with Gasteiger partial charge in [0.15, 0.2) is 0 Å². The highest BCUT2D eigenvalue weighted by molar-refractivity contribution is 5.88. The lowest BCUT2D eigenvalue weighted by Gasteiger charge is -2.07. The van der Waals surface area contributed by atoms with Crippen molar-refractivity contribution in [3.63, 3.8) is 0 Å². The molecule has 0 fully saturated rings. The Morgan fingerprint density at radius 2 is 2.11 bits per heavy atom. The van der Waals surface area contributed by atoms with Crippen molar-refractivity contribution in [1.82, 2.24) is 4.57 Å². The molecule has 0 aliphatic carbocycles.